The molecule has 0 aromatic rings. The molecular formula is C12H22N2O. The first-order chi connectivity index (χ1) is 7.19. The zero-order valence-corrected chi connectivity index (χ0v) is 9.83. The van der Waals surface area contributed by atoms with Crippen LogP contribution in [0.1, 0.15) is 20.3 Å². The number of ether oxygens (including phenoxy) is 1. The van der Waals surface area contributed by atoms with E-state index in [4.69, 9.17) is 4.74 Å². The monoisotopic (exact) mass is 210 g/mol. The van der Waals surface area contributed by atoms with E-state index in [1.807, 2.05) is 0 Å². The minimum Gasteiger partial charge on any atom is -0.380 e. The maximum atomic E-state index is 5.53. The molecule has 0 radical (unpaired) electrons. The fourth-order valence-electron chi connectivity index (χ4n) is 3.84. The molecular weight excluding hydrogens is 188 g/mol. The highest BCUT2D eigenvalue weighted by atomic mass is 16.5. The number of rotatable bonds is 1. The predicted octanol–water partition coefficient (Wildman–Crippen LogP) is 0.705. The van der Waals surface area contributed by atoms with Gasteiger partial charge in [0.1, 0.15) is 0 Å². The summed E-state index contributed by atoms with van der Waals surface area (Å²) >= 11 is 0. The normalized spacial score (nSPS) is 44.8. The van der Waals surface area contributed by atoms with Gasteiger partial charge in [0.15, 0.2) is 0 Å². The topological polar surface area (TPSA) is 24.5 Å². The van der Waals surface area contributed by atoms with Crippen molar-refractivity contribution in [2.45, 2.75) is 31.8 Å². The number of likely N-dealkylation sites (tertiary alicyclic amines) is 1. The minimum absolute atomic E-state index is 0.368. The van der Waals surface area contributed by atoms with Gasteiger partial charge < -0.3 is 10.1 Å². The Morgan fingerprint density at radius 3 is 2.87 bits per heavy atom. The molecule has 0 bridgehead atoms. The van der Waals surface area contributed by atoms with Crippen molar-refractivity contribution >= 4 is 0 Å². The standard InChI is InChI=1S/C12H22N2O/c1-12(2)11-6-13-5-9(11)7-14(12)10-3-4-15-8-10/h9-11,13H,3-8H2,1-2H3. The van der Waals surface area contributed by atoms with E-state index >= 15 is 0 Å². The maximum absolute atomic E-state index is 5.53. The second-order valence-corrected chi connectivity index (χ2v) is 5.85. The molecule has 3 heterocycles. The Balaban J connectivity index is 1.79. The van der Waals surface area contributed by atoms with Crippen LogP contribution in [0.3, 0.4) is 0 Å². The average molecular weight is 210 g/mol. The van der Waals surface area contributed by atoms with Crippen LogP contribution >= 0.6 is 0 Å². The molecule has 1 N–H and O–H groups in total. The lowest BCUT2D eigenvalue weighted by molar-refractivity contribution is 0.0761. The highest BCUT2D eigenvalue weighted by Crippen LogP contribution is 2.42. The summed E-state index contributed by atoms with van der Waals surface area (Å²) < 4.78 is 5.53. The molecule has 0 aliphatic carbocycles. The van der Waals surface area contributed by atoms with E-state index in [2.05, 4.69) is 24.1 Å². The number of nitrogens with one attached hydrogen (secondary N) is 1. The van der Waals surface area contributed by atoms with E-state index in [1.54, 1.807) is 0 Å². The van der Waals surface area contributed by atoms with Gasteiger partial charge in [0.2, 0.25) is 0 Å². The van der Waals surface area contributed by atoms with Crippen LogP contribution in [0.5, 0.6) is 0 Å². The molecule has 0 spiro atoms. The molecule has 3 heteroatoms. The molecule has 3 atom stereocenters. The minimum atomic E-state index is 0.368. The van der Waals surface area contributed by atoms with Crippen LogP contribution in [0, 0.1) is 11.8 Å². The Kier molecular flexibility index (Phi) is 2.31. The lowest BCUT2D eigenvalue weighted by Gasteiger charge is -2.39. The first-order valence-electron chi connectivity index (χ1n) is 6.25. The summed E-state index contributed by atoms with van der Waals surface area (Å²) in [7, 11) is 0. The van der Waals surface area contributed by atoms with Crippen molar-refractivity contribution in [3.05, 3.63) is 0 Å². The largest absolute Gasteiger partial charge is 0.380 e. The summed E-state index contributed by atoms with van der Waals surface area (Å²) in [6.45, 7) is 10.5. The Hall–Kier alpha value is -0.120. The summed E-state index contributed by atoms with van der Waals surface area (Å²) in [5.41, 5.74) is 0.368. The molecule has 0 aromatic carbocycles. The summed E-state index contributed by atoms with van der Waals surface area (Å²) in [5, 5.41) is 3.53. The van der Waals surface area contributed by atoms with Crippen LogP contribution in [0.4, 0.5) is 0 Å². The zero-order valence-electron chi connectivity index (χ0n) is 9.83. The van der Waals surface area contributed by atoms with Gasteiger partial charge in [-0.05, 0) is 38.6 Å². The van der Waals surface area contributed by atoms with Gasteiger partial charge in [-0.15, -0.1) is 0 Å². The van der Waals surface area contributed by atoms with Crippen LogP contribution < -0.4 is 5.32 Å². The Bertz CT molecular complexity index is 248. The van der Waals surface area contributed by atoms with Crippen LogP contribution in [0.2, 0.25) is 0 Å². The summed E-state index contributed by atoms with van der Waals surface area (Å²) in [5.74, 6) is 1.72. The summed E-state index contributed by atoms with van der Waals surface area (Å²) in [6, 6.07) is 0.686. The molecule has 3 fully saturated rings. The van der Waals surface area contributed by atoms with Crippen LogP contribution in [0.25, 0.3) is 0 Å². The van der Waals surface area contributed by atoms with E-state index < -0.39 is 0 Å². The van der Waals surface area contributed by atoms with Crippen molar-refractivity contribution in [1.82, 2.24) is 10.2 Å². The van der Waals surface area contributed by atoms with Crippen molar-refractivity contribution in [1.29, 1.82) is 0 Å². The van der Waals surface area contributed by atoms with Gasteiger partial charge in [-0.3, -0.25) is 4.90 Å². The van der Waals surface area contributed by atoms with E-state index in [0.29, 0.717) is 11.6 Å². The predicted molar refractivity (Wildman–Crippen MR) is 59.9 cm³/mol. The third-order valence-electron chi connectivity index (χ3n) is 4.77. The molecule has 3 saturated heterocycles. The van der Waals surface area contributed by atoms with Crippen molar-refractivity contribution in [2.24, 2.45) is 11.8 Å². The molecule has 86 valence electrons. The maximum Gasteiger partial charge on any atom is 0.0622 e. The molecule has 3 unspecified atom stereocenters. The van der Waals surface area contributed by atoms with Gasteiger partial charge in [-0.25, -0.2) is 0 Å². The van der Waals surface area contributed by atoms with Crippen LogP contribution in [0.15, 0.2) is 0 Å². The van der Waals surface area contributed by atoms with E-state index in [-0.39, 0.29) is 0 Å². The Labute approximate surface area is 92.2 Å². The molecule has 15 heavy (non-hydrogen) atoms. The van der Waals surface area contributed by atoms with Crippen LogP contribution in [-0.4, -0.2) is 49.3 Å². The quantitative estimate of drug-likeness (QED) is 0.689. The molecule has 3 nitrogen and oxygen atoms in total. The average Bonchev–Trinajstić information content (AvgIpc) is 2.86. The smallest absolute Gasteiger partial charge is 0.0622 e. The van der Waals surface area contributed by atoms with Gasteiger partial charge in [0, 0.05) is 31.3 Å². The number of fused-ring (bicyclic) bond motifs is 1. The summed E-state index contributed by atoms with van der Waals surface area (Å²) in [6.07, 6.45) is 1.23. The molecule has 0 amide bonds. The van der Waals surface area contributed by atoms with Crippen LogP contribution in [-0.2, 0) is 4.74 Å². The fourth-order valence-corrected chi connectivity index (χ4v) is 3.84. The van der Waals surface area contributed by atoms with E-state index in [1.165, 1.54) is 26.1 Å². The van der Waals surface area contributed by atoms with E-state index in [9.17, 15) is 0 Å². The van der Waals surface area contributed by atoms with E-state index in [0.717, 1.165) is 25.0 Å². The third kappa shape index (κ3) is 1.44. The second-order valence-electron chi connectivity index (χ2n) is 5.85. The Morgan fingerprint density at radius 2 is 2.20 bits per heavy atom. The van der Waals surface area contributed by atoms with Gasteiger partial charge >= 0.3 is 0 Å². The highest BCUT2D eigenvalue weighted by molar-refractivity contribution is 5.06. The van der Waals surface area contributed by atoms with Gasteiger partial charge in [0.25, 0.3) is 0 Å². The number of hydrogen-bond donors (Lipinski definition) is 1. The van der Waals surface area contributed by atoms with Crippen molar-refractivity contribution in [2.75, 3.05) is 32.8 Å². The Morgan fingerprint density at radius 1 is 1.33 bits per heavy atom. The van der Waals surface area contributed by atoms with Crippen molar-refractivity contribution in [3.8, 4) is 0 Å². The number of hydrogen-bond acceptors (Lipinski definition) is 3. The molecule has 3 aliphatic rings. The molecule has 0 aromatic heterocycles. The zero-order chi connectivity index (χ0) is 10.5. The fraction of sp³-hybridized carbons (Fsp3) is 1.00. The lowest BCUT2D eigenvalue weighted by Crippen LogP contribution is -2.49. The van der Waals surface area contributed by atoms with Crippen molar-refractivity contribution in [3.63, 3.8) is 0 Å². The van der Waals surface area contributed by atoms with Crippen molar-refractivity contribution < 1.29 is 4.74 Å². The first-order valence-corrected chi connectivity index (χ1v) is 6.25. The SMILES string of the molecule is CC1(C)C2CNCC2CN1C1CCOC1. The molecule has 3 aliphatic heterocycles. The third-order valence-corrected chi connectivity index (χ3v) is 4.77. The first kappa shape index (κ1) is 10.1. The highest BCUT2D eigenvalue weighted by Gasteiger charge is 2.51. The summed E-state index contributed by atoms with van der Waals surface area (Å²) in [4.78, 5) is 2.72. The van der Waals surface area contributed by atoms with Gasteiger partial charge in [-0.1, -0.05) is 0 Å². The van der Waals surface area contributed by atoms with Gasteiger partial charge in [-0.2, -0.15) is 0 Å². The molecule has 0 saturated carbocycles. The van der Waals surface area contributed by atoms with Gasteiger partial charge in [0.05, 0.1) is 6.61 Å². The number of nitrogens with zero attached hydrogens (tertiary/aromatic N) is 1. The second kappa shape index (κ2) is 3.44. The lowest BCUT2D eigenvalue weighted by atomic mass is 9.84. The molecule has 3 rings (SSSR count).